The van der Waals surface area contributed by atoms with Gasteiger partial charge in [0.15, 0.2) is 0 Å². The van der Waals surface area contributed by atoms with Crippen LogP contribution < -0.4 is 5.01 Å². The summed E-state index contributed by atoms with van der Waals surface area (Å²) < 4.78 is 0. The van der Waals surface area contributed by atoms with E-state index in [1.54, 1.807) is 30.3 Å². The lowest BCUT2D eigenvalue weighted by atomic mass is 10.3. The predicted molar refractivity (Wildman–Crippen MR) is 53.0 cm³/mol. The Morgan fingerprint density at radius 2 is 2.00 bits per heavy atom. The van der Waals surface area contributed by atoms with Crippen molar-refractivity contribution in [2.45, 2.75) is 6.42 Å². The number of amides is 1. The van der Waals surface area contributed by atoms with Gasteiger partial charge in [-0.15, -0.1) is 5.01 Å². The van der Waals surface area contributed by atoms with Gasteiger partial charge in [-0.05, 0) is 17.1 Å². The average molecular weight is 205 g/mol. The van der Waals surface area contributed by atoms with Crippen LogP contribution in [0.2, 0.25) is 0 Å². The fourth-order valence-corrected chi connectivity index (χ4v) is 1.29. The first-order chi connectivity index (χ1) is 7.18. The monoisotopic (exact) mass is 205 g/mol. The number of amidine groups is 1. The Labute approximate surface area is 85.0 Å². The first kappa shape index (κ1) is 9.32. The van der Waals surface area contributed by atoms with E-state index >= 15 is 0 Å². The van der Waals surface area contributed by atoms with Gasteiger partial charge in [-0.2, -0.15) is 0 Å². The largest absolute Gasteiger partial charge is 0.374 e. The Morgan fingerprint density at radius 1 is 1.33 bits per heavy atom. The highest BCUT2D eigenvalue weighted by molar-refractivity contribution is 6.09. The van der Waals surface area contributed by atoms with Gasteiger partial charge in [0.1, 0.15) is 6.42 Å². The summed E-state index contributed by atoms with van der Waals surface area (Å²) in [7, 11) is 0. The molecule has 1 amide bonds. The minimum absolute atomic E-state index is 0.248. The number of carbonyl (C=O) groups is 1. The lowest BCUT2D eigenvalue weighted by Crippen LogP contribution is -2.19. The maximum absolute atomic E-state index is 11.4. The van der Waals surface area contributed by atoms with E-state index in [0.29, 0.717) is 5.69 Å². The molecule has 0 saturated heterocycles. The summed E-state index contributed by atoms with van der Waals surface area (Å²) in [5.74, 6) is -0.697. The molecule has 6 nitrogen and oxygen atoms in total. The van der Waals surface area contributed by atoms with Crippen molar-refractivity contribution in [1.29, 1.82) is 0 Å². The van der Waals surface area contributed by atoms with Crippen LogP contribution in [0.3, 0.4) is 0 Å². The summed E-state index contributed by atoms with van der Waals surface area (Å²) in [6, 6.07) is 8.61. The molecule has 0 unspecified atom stereocenters. The SMILES string of the molecule is O=C1CC([N+](=O)[O-])=NN1c1ccccc1. The highest BCUT2D eigenvalue weighted by atomic mass is 16.6. The first-order valence-electron chi connectivity index (χ1n) is 4.28. The van der Waals surface area contributed by atoms with Crippen LogP contribution in [-0.4, -0.2) is 16.7 Å². The number of anilines is 1. The molecule has 2 rings (SSSR count). The van der Waals surface area contributed by atoms with Crippen LogP contribution in [0.25, 0.3) is 0 Å². The van der Waals surface area contributed by atoms with E-state index in [2.05, 4.69) is 5.10 Å². The molecule has 76 valence electrons. The van der Waals surface area contributed by atoms with Crippen LogP contribution in [-0.2, 0) is 4.79 Å². The van der Waals surface area contributed by atoms with Crippen molar-refractivity contribution in [3.63, 3.8) is 0 Å². The smallest absolute Gasteiger partial charge is 0.358 e. The van der Waals surface area contributed by atoms with E-state index < -0.39 is 4.92 Å². The number of rotatable bonds is 1. The summed E-state index contributed by atoms with van der Waals surface area (Å²) in [6.07, 6.45) is -0.248. The summed E-state index contributed by atoms with van der Waals surface area (Å²) in [6.45, 7) is 0. The van der Waals surface area contributed by atoms with Crippen molar-refractivity contribution in [3.05, 3.63) is 40.4 Å². The average Bonchev–Trinajstić information content (AvgIpc) is 2.62. The number of carbonyl (C=O) groups excluding carboxylic acids is 1. The zero-order chi connectivity index (χ0) is 10.8. The van der Waals surface area contributed by atoms with Gasteiger partial charge in [-0.1, -0.05) is 18.2 Å². The van der Waals surface area contributed by atoms with Gasteiger partial charge in [0.25, 0.3) is 5.91 Å². The van der Waals surface area contributed by atoms with Crippen LogP contribution in [0, 0.1) is 10.1 Å². The van der Waals surface area contributed by atoms with Crippen LogP contribution >= 0.6 is 0 Å². The van der Waals surface area contributed by atoms with Crippen LogP contribution in [0.15, 0.2) is 35.4 Å². The Morgan fingerprint density at radius 3 is 2.53 bits per heavy atom. The Hall–Kier alpha value is -2.24. The van der Waals surface area contributed by atoms with E-state index in [1.165, 1.54) is 0 Å². The highest BCUT2D eigenvalue weighted by Crippen LogP contribution is 2.19. The van der Waals surface area contributed by atoms with E-state index in [9.17, 15) is 14.9 Å². The van der Waals surface area contributed by atoms with Crippen molar-refractivity contribution in [1.82, 2.24) is 0 Å². The quantitative estimate of drug-likeness (QED) is 0.507. The van der Waals surface area contributed by atoms with Crippen molar-refractivity contribution in [2.24, 2.45) is 5.10 Å². The Bertz CT molecular complexity index is 441. The summed E-state index contributed by atoms with van der Waals surface area (Å²) in [5, 5.41) is 15.1. The third-order valence-corrected chi connectivity index (χ3v) is 1.97. The maximum Gasteiger partial charge on any atom is 0.374 e. The van der Waals surface area contributed by atoms with Crippen LogP contribution in [0.5, 0.6) is 0 Å². The molecule has 0 aromatic heterocycles. The molecular weight excluding hydrogens is 198 g/mol. The third kappa shape index (κ3) is 1.69. The fourth-order valence-electron chi connectivity index (χ4n) is 1.29. The molecule has 1 aromatic carbocycles. The lowest BCUT2D eigenvalue weighted by Gasteiger charge is -2.03. The van der Waals surface area contributed by atoms with Crippen molar-refractivity contribution < 1.29 is 9.72 Å². The van der Waals surface area contributed by atoms with Crippen molar-refractivity contribution in [3.8, 4) is 0 Å². The predicted octanol–water partition coefficient (Wildman–Crippen LogP) is 1.01. The van der Waals surface area contributed by atoms with E-state index in [4.69, 9.17) is 0 Å². The standard InChI is InChI=1S/C9H7N3O3/c13-9-6-8(12(14)15)10-11(9)7-4-2-1-3-5-7/h1-5H,6H2. The Kier molecular flexibility index (Phi) is 2.17. The van der Waals surface area contributed by atoms with Gasteiger partial charge >= 0.3 is 5.84 Å². The topological polar surface area (TPSA) is 75.8 Å². The molecular formula is C9H7N3O3. The number of hydrazone groups is 1. The normalized spacial score (nSPS) is 15.3. The molecule has 0 N–H and O–H groups in total. The molecule has 6 heteroatoms. The second-order valence-electron chi connectivity index (χ2n) is 2.99. The third-order valence-electron chi connectivity index (χ3n) is 1.97. The first-order valence-corrected chi connectivity index (χ1v) is 4.28. The molecule has 0 atom stereocenters. The number of hydrogen-bond acceptors (Lipinski definition) is 4. The number of para-hydroxylation sites is 1. The molecule has 0 spiro atoms. The van der Waals surface area contributed by atoms with Crippen molar-refractivity contribution in [2.75, 3.05) is 5.01 Å². The molecule has 15 heavy (non-hydrogen) atoms. The van der Waals surface area contributed by atoms with Gasteiger partial charge in [0, 0.05) is 0 Å². The summed E-state index contributed by atoms with van der Waals surface area (Å²) in [5.41, 5.74) is 0.541. The number of hydrogen-bond donors (Lipinski definition) is 0. The molecule has 0 radical (unpaired) electrons. The highest BCUT2D eigenvalue weighted by Gasteiger charge is 2.35. The molecule has 1 aliphatic rings. The van der Waals surface area contributed by atoms with Gasteiger partial charge in [-0.3, -0.25) is 4.79 Å². The zero-order valence-corrected chi connectivity index (χ0v) is 7.66. The maximum atomic E-state index is 11.4. The fraction of sp³-hybridized carbons (Fsp3) is 0.111. The summed E-state index contributed by atoms with van der Waals surface area (Å²) >= 11 is 0. The van der Waals surface area contributed by atoms with Gasteiger partial charge in [-0.25, -0.2) is 0 Å². The Balaban J connectivity index is 2.32. The van der Waals surface area contributed by atoms with Crippen molar-refractivity contribution >= 4 is 17.4 Å². The van der Waals surface area contributed by atoms with Gasteiger partial charge < -0.3 is 10.1 Å². The molecule has 0 aliphatic carbocycles. The minimum Gasteiger partial charge on any atom is -0.358 e. The van der Waals surface area contributed by atoms with Crippen LogP contribution in [0.4, 0.5) is 5.69 Å². The van der Waals surface area contributed by atoms with Crippen LogP contribution in [0.1, 0.15) is 6.42 Å². The lowest BCUT2D eigenvalue weighted by molar-refractivity contribution is -0.352. The van der Waals surface area contributed by atoms with Gasteiger partial charge in [0.2, 0.25) is 0 Å². The second-order valence-corrected chi connectivity index (χ2v) is 2.99. The molecule has 0 bridgehead atoms. The molecule has 1 aromatic rings. The zero-order valence-electron chi connectivity index (χ0n) is 7.66. The summed E-state index contributed by atoms with van der Waals surface area (Å²) in [4.78, 5) is 21.2. The molecule has 1 aliphatic heterocycles. The molecule has 1 heterocycles. The number of nitrogens with zero attached hydrogens (tertiary/aromatic N) is 3. The van der Waals surface area contributed by atoms with E-state index in [-0.39, 0.29) is 18.2 Å². The van der Waals surface area contributed by atoms with E-state index in [1.807, 2.05) is 0 Å². The number of benzene rings is 1. The minimum atomic E-state index is -0.638. The molecule has 0 fully saturated rings. The molecule has 0 saturated carbocycles. The van der Waals surface area contributed by atoms with Gasteiger partial charge in [0.05, 0.1) is 10.8 Å². The second kappa shape index (κ2) is 3.49. The van der Waals surface area contributed by atoms with E-state index in [0.717, 1.165) is 5.01 Å². The number of nitro groups is 1.